The Labute approximate surface area is 290 Å². The van der Waals surface area contributed by atoms with E-state index in [0.29, 0.717) is 50.3 Å². The van der Waals surface area contributed by atoms with Crippen molar-refractivity contribution in [2.75, 3.05) is 68.7 Å². The van der Waals surface area contributed by atoms with Crippen LogP contribution in [0.15, 0.2) is 54.6 Å². The van der Waals surface area contributed by atoms with E-state index in [9.17, 15) is 25.2 Å². The molecule has 2 heterocycles. The Bertz CT molecular complexity index is 1770. The van der Waals surface area contributed by atoms with Gasteiger partial charge in [-0.05, 0) is 93.6 Å². The molecule has 0 saturated carbocycles. The largest absolute Gasteiger partial charge is 0.465 e. The number of hydrogen-bond acceptors (Lipinski definition) is 7. The number of nitrogens with zero attached hydrogens (tertiary/aromatic N) is 7. The van der Waals surface area contributed by atoms with Gasteiger partial charge >= 0.3 is 6.09 Å². The first-order valence-electron chi connectivity index (χ1n) is 17.0. The number of anilines is 2. The Kier molecular flexibility index (Phi) is 10.8. The molecule has 2 fully saturated rings. The lowest BCUT2D eigenvalue weighted by Crippen LogP contribution is -2.49. The zero-order chi connectivity index (χ0) is 35.3. The van der Waals surface area contributed by atoms with E-state index in [0.717, 1.165) is 66.4 Å². The summed E-state index contributed by atoms with van der Waals surface area (Å²) < 4.78 is 0. The first kappa shape index (κ1) is 35.3. The number of nitriles is 2. The maximum absolute atomic E-state index is 13.9. The van der Waals surface area contributed by atoms with Gasteiger partial charge < -0.3 is 24.7 Å². The third-order valence-electron chi connectivity index (χ3n) is 9.80. The molecule has 0 bridgehead atoms. The monoisotopic (exact) mass is 661 g/mol. The van der Waals surface area contributed by atoms with Gasteiger partial charge in [-0.1, -0.05) is 24.3 Å². The SMILES string of the molecule is Cc1cc(C)c(C(=O)N2CCN(c3cc(CCN(C(=O)O)C(C)(C)C)ccc3C#N)CC2)cc1CN1CCN(c2ccccc2C#N)CC1. The zero-order valence-electron chi connectivity index (χ0n) is 29.4. The Morgan fingerprint density at radius 3 is 2.04 bits per heavy atom. The van der Waals surface area contributed by atoms with Crippen molar-refractivity contribution in [3.8, 4) is 12.1 Å². The molecule has 0 radical (unpaired) electrons. The molecule has 5 rings (SSSR count). The molecule has 3 aromatic rings. The Morgan fingerprint density at radius 1 is 0.796 bits per heavy atom. The van der Waals surface area contributed by atoms with E-state index < -0.39 is 11.6 Å². The van der Waals surface area contributed by atoms with E-state index in [4.69, 9.17) is 0 Å². The lowest BCUT2D eigenvalue weighted by Gasteiger charge is -2.37. The minimum absolute atomic E-state index is 0.0292. The van der Waals surface area contributed by atoms with Gasteiger partial charge in [-0.2, -0.15) is 10.5 Å². The standard InChI is InChI=1S/C39H47N7O3/c1-28-22-29(2)34(24-33(28)27-42-14-16-43(17-15-42)35-9-7-6-8-31(35)25-40)37(47)45-20-18-44(19-21-45)36-23-30(10-11-32(36)26-41)12-13-46(38(48)49)39(3,4)5/h6-11,22-24H,12-21,27H2,1-5H3,(H,48,49). The fourth-order valence-electron chi connectivity index (χ4n) is 6.90. The minimum atomic E-state index is -0.948. The van der Waals surface area contributed by atoms with Crippen LogP contribution in [-0.4, -0.2) is 96.2 Å². The Balaban J connectivity index is 1.22. The van der Waals surface area contributed by atoms with Gasteiger partial charge in [0, 0.05) is 76.5 Å². The average Bonchev–Trinajstić information content (AvgIpc) is 3.09. The summed E-state index contributed by atoms with van der Waals surface area (Å²) in [5.41, 5.74) is 7.59. The summed E-state index contributed by atoms with van der Waals surface area (Å²) in [6, 6.07) is 22.3. The quantitative estimate of drug-likeness (QED) is 0.329. The van der Waals surface area contributed by atoms with Crippen LogP contribution in [0.1, 0.15) is 64.5 Å². The molecule has 0 aliphatic carbocycles. The molecule has 0 aromatic heterocycles. The summed E-state index contributed by atoms with van der Waals surface area (Å²) in [6.45, 7) is 16.6. The minimum Gasteiger partial charge on any atom is -0.465 e. The van der Waals surface area contributed by atoms with Crippen LogP contribution in [0.5, 0.6) is 0 Å². The topological polar surface area (TPSA) is 118 Å². The van der Waals surface area contributed by atoms with Crippen molar-refractivity contribution in [1.82, 2.24) is 14.7 Å². The number of hydrogen-bond donors (Lipinski definition) is 1. The second kappa shape index (κ2) is 15.0. The zero-order valence-corrected chi connectivity index (χ0v) is 29.4. The molecule has 0 spiro atoms. The third kappa shape index (κ3) is 8.16. The van der Waals surface area contributed by atoms with Crippen molar-refractivity contribution in [3.63, 3.8) is 0 Å². The van der Waals surface area contributed by atoms with E-state index >= 15 is 0 Å². The molecule has 1 N–H and O–H groups in total. The molecule has 49 heavy (non-hydrogen) atoms. The van der Waals surface area contributed by atoms with Gasteiger partial charge in [0.1, 0.15) is 12.1 Å². The molecule has 2 aliphatic rings. The van der Waals surface area contributed by atoms with Crippen LogP contribution in [0.4, 0.5) is 16.2 Å². The van der Waals surface area contributed by atoms with E-state index in [-0.39, 0.29) is 5.91 Å². The summed E-state index contributed by atoms with van der Waals surface area (Å²) in [4.78, 5) is 35.9. The van der Waals surface area contributed by atoms with E-state index in [1.807, 2.05) is 75.1 Å². The Morgan fingerprint density at radius 2 is 1.41 bits per heavy atom. The molecule has 256 valence electrons. The normalized spacial score (nSPS) is 15.4. The van der Waals surface area contributed by atoms with Crippen molar-refractivity contribution >= 4 is 23.4 Å². The van der Waals surface area contributed by atoms with E-state index in [1.165, 1.54) is 10.5 Å². The fourth-order valence-corrected chi connectivity index (χ4v) is 6.90. The third-order valence-corrected chi connectivity index (χ3v) is 9.80. The first-order valence-corrected chi connectivity index (χ1v) is 17.0. The fraction of sp³-hybridized carbons (Fsp3) is 0.436. The van der Waals surface area contributed by atoms with E-state index in [1.54, 1.807) is 0 Å². The van der Waals surface area contributed by atoms with Crippen molar-refractivity contribution in [1.29, 1.82) is 10.5 Å². The van der Waals surface area contributed by atoms with Crippen LogP contribution in [0.2, 0.25) is 0 Å². The Hall–Kier alpha value is -5.06. The smallest absolute Gasteiger partial charge is 0.407 e. The number of amides is 2. The number of carbonyl (C=O) groups is 2. The predicted molar refractivity (Wildman–Crippen MR) is 192 cm³/mol. The number of rotatable bonds is 8. The summed E-state index contributed by atoms with van der Waals surface area (Å²) in [6.07, 6.45) is -0.406. The highest BCUT2D eigenvalue weighted by molar-refractivity contribution is 5.96. The number of aryl methyl sites for hydroxylation is 2. The second-order valence-corrected chi connectivity index (χ2v) is 14.1. The number of carboxylic acid groups (broad SMARTS) is 1. The van der Waals surface area contributed by atoms with Crippen molar-refractivity contribution in [3.05, 3.63) is 93.5 Å². The first-order chi connectivity index (χ1) is 23.4. The number of piperazine rings is 2. The molecule has 10 heteroatoms. The maximum Gasteiger partial charge on any atom is 0.407 e. The molecule has 0 atom stereocenters. The van der Waals surface area contributed by atoms with Crippen LogP contribution >= 0.6 is 0 Å². The van der Waals surface area contributed by atoms with Gasteiger partial charge in [0.15, 0.2) is 0 Å². The van der Waals surface area contributed by atoms with Crippen LogP contribution in [0.3, 0.4) is 0 Å². The molecule has 2 aliphatic heterocycles. The van der Waals surface area contributed by atoms with Gasteiger partial charge in [-0.3, -0.25) is 9.69 Å². The van der Waals surface area contributed by atoms with Crippen molar-refractivity contribution < 1.29 is 14.7 Å². The highest BCUT2D eigenvalue weighted by Gasteiger charge is 2.28. The summed E-state index contributed by atoms with van der Waals surface area (Å²) in [7, 11) is 0. The highest BCUT2D eigenvalue weighted by atomic mass is 16.4. The molecular formula is C39H47N7O3. The average molecular weight is 662 g/mol. The predicted octanol–water partition coefficient (Wildman–Crippen LogP) is 5.65. The van der Waals surface area contributed by atoms with E-state index in [2.05, 4.69) is 45.9 Å². The van der Waals surface area contributed by atoms with Crippen LogP contribution in [0.25, 0.3) is 0 Å². The molecule has 0 unspecified atom stereocenters. The molecule has 3 aromatic carbocycles. The summed E-state index contributed by atoms with van der Waals surface area (Å²) in [5.74, 6) is 0.0292. The molecule has 2 amide bonds. The summed E-state index contributed by atoms with van der Waals surface area (Å²) >= 11 is 0. The lowest BCUT2D eigenvalue weighted by atomic mass is 9.98. The number of carbonyl (C=O) groups excluding carboxylic acids is 1. The lowest BCUT2D eigenvalue weighted by molar-refractivity contribution is 0.0745. The molecule has 2 saturated heterocycles. The van der Waals surface area contributed by atoms with Crippen LogP contribution in [-0.2, 0) is 13.0 Å². The number of benzene rings is 3. The second-order valence-electron chi connectivity index (χ2n) is 14.1. The highest BCUT2D eigenvalue weighted by Crippen LogP contribution is 2.27. The van der Waals surface area contributed by atoms with Crippen LogP contribution < -0.4 is 9.80 Å². The van der Waals surface area contributed by atoms with Crippen molar-refractivity contribution in [2.45, 2.75) is 53.1 Å². The van der Waals surface area contributed by atoms with Gasteiger partial charge in [-0.15, -0.1) is 0 Å². The maximum atomic E-state index is 13.9. The van der Waals surface area contributed by atoms with Crippen LogP contribution in [0, 0.1) is 36.5 Å². The van der Waals surface area contributed by atoms with Gasteiger partial charge in [-0.25, -0.2) is 4.79 Å². The summed E-state index contributed by atoms with van der Waals surface area (Å²) in [5, 5.41) is 29.1. The van der Waals surface area contributed by atoms with Crippen molar-refractivity contribution in [2.24, 2.45) is 0 Å². The van der Waals surface area contributed by atoms with Gasteiger partial charge in [0.05, 0.1) is 22.5 Å². The van der Waals surface area contributed by atoms with Gasteiger partial charge in [0.2, 0.25) is 0 Å². The molecule has 10 nitrogen and oxygen atoms in total. The van der Waals surface area contributed by atoms with Gasteiger partial charge in [0.25, 0.3) is 5.91 Å². The molecular weight excluding hydrogens is 614 g/mol. The number of para-hydroxylation sites is 1.